The lowest BCUT2D eigenvalue weighted by Gasteiger charge is -2.23. The van der Waals surface area contributed by atoms with E-state index in [1.165, 1.54) is 6.42 Å². The van der Waals surface area contributed by atoms with Crippen molar-refractivity contribution in [1.82, 2.24) is 4.90 Å². The van der Waals surface area contributed by atoms with Gasteiger partial charge in [0.15, 0.2) is 0 Å². The fourth-order valence-electron chi connectivity index (χ4n) is 1.23. The largest absolute Gasteiger partial charge is 0.444 e. The van der Waals surface area contributed by atoms with Crippen molar-refractivity contribution in [3.63, 3.8) is 0 Å². The Kier molecular flexibility index (Phi) is 11.4. The SMILES string of the molecule is CC.CC(C)(C)OC(=O)N1CCCC1.CCC. The highest BCUT2D eigenvalue weighted by atomic mass is 16.6. The molecular weight excluding hydrogens is 214 g/mol. The molecular formula is C14H31NO2. The molecule has 0 aromatic carbocycles. The summed E-state index contributed by atoms with van der Waals surface area (Å²) in [4.78, 5) is 13.1. The highest BCUT2D eigenvalue weighted by molar-refractivity contribution is 5.68. The summed E-state index contributed by atoms with van der Waals surface area (Å²) < 4.78 is 5.21. The van der Waals surface area contributed by atoms with E-state index in [-0.39, 0.29) is 11.7 Å². The molecule has 0 spiro atoms. The Labute approximate surface area is 108 Å². The first-order chi connectivity index (χ1) is 7.90. The van der Waals surface area contributed by atoms with Gasteiger partial charge < -0.3 is 9.64 Å². The number of carbonyl (C=O) groups is 1. The molecule has 0 aliphatic carbocycles. The van der Waals surface area contributed by atoms with Crippen LogP contribution in [-0.2, 0) is 4.74 Å². The minimum absolute atomic E-state index is 0.167. The highest BCUT2D eigenvalue weighted by Crippen LogP contribution is 2.14. The van der Waals surface area contributed by atoms with Crippen LogP contribution in [0.2, 0.25) is 0 Å². The molecule has 3 nitrogen and oxygen atoms in total. The molecule has 1 rings (SSSR count). The van der Waals surface area contributed by atoms with Crippen LogP contribution in [0, 0.1) is 0 Å². The van der Waals surface area contributed by atoms with Crippen molar-refractivity contribution in [2.45, 2.75) is 73.3 Å². The van der Waals surface area contributed by atoms with Crippen LogP contribution in [0.3, 0.4) is 0 Å². The second kappa shape index (κ2) is 10.4. The van der Waals surface area contributed by atoms with Crippen LogP contribution < -0.4 is 0 Å². The third kappa shape index (κ3) is 11.5. The summed E-state index contributed by atoms with van der Waals surface area (Å²) >= 11 is 0. The van der Waals surface area contributed by atoms with Crippen molar-refractivity contribution in [3.8, 4) is 0 Å². The van der Waals surface area contributed by atoms with Gasteiger partial charge in [0, 0.05) is 13.1 Å². The Morgan fingerprint density at radius 2 is 1.47 bits per heavy atom. The van der Waals surface area contributed by atoms with Crippen LogP contribution in [0.15, 0.2) is 0 Å². The van der Waals surface area contributed by atoms with Crippen LogP contribution in [0.25, 0.3) is 0 Å². The van der Waals surface area contributed by atoms with Gasteiger partial charge in [-0.25, -0.2) is 4.79 Å². The Balaban J connectivity index is 0. The van der Waals surface area contributed by atoms with E-state index in [0.29, 0.717) is 0 Å². The molecule has 104 valence electrons. The molecule has 0 atom stereocenters. The Bertz CT molecular complexity index is 179. The second-order valence-corrected chi connectivity index (χ2v) is 4.88. The number of likely N-dealkylation sites (tertiary alicyclic amines) is 1. The molecule has 1 fully saturated rings. The van der Waals surface area contributed by atoms with E-state index in [1.54, 1.807) is 4.90 Å². The fraction of sp³-hybridized carbons (Fsp3) is 0.929. The third-order valence-corrected chi connectivity index (χ3v) is 1.76. The number of carbonyl (C=O) groups excluding carboxylic acids is 1. The van der Waals surface area contributed by atoms with Crippen LogP contribution in [0.5, 0.6) is 0 Å². The standard InChI is InChI=1S/C9H17NO2.C3H8.C2H6/c1-9(2,3)12-8(11)10-6-4-5-7-10;1-3-2;1-2/h4-7H2,1-3H3;3H2,1-2H3;1-2H3. The predicted molar refractivity (Wildman–Crippen MR) is 74.4 cm³/mol. The van der Waals surface area contributed by atoms with Gasteiger partial charge in [0.05, 0.1) is 0 Å². The summed E-state index contributed by atoms with van der Waals surface area (Å²) in [5.41, 5.74) is -0.361. The van der Waals surface area contributed by atoms with E-state index in [2.05, 4.69) is 13.8 Å². The molecule has 1 heterocycles. The van der Waals surface area contributed by atoms with Crippen molar-refractivity contribution in [1.29, 1.82) is 0 Å². The topological polar surface area (TPSA) is 29.5 Å². The molecule has 17 heavy (non-hydrogen) atoms. The quantitative estimate of drug-likeness (QED) is 0.630. The molecule has 1 aliphatic heterocycles. The zero-order chi connectivity index (χ0) is 13.9. The molecule has 1 amide bonds. The predicted octanol–water partition coefficient (Wildman–Crippen LogP) is 4.46. The molecule has 0 radical (unpaired) electrons. The zero-order valence-corrected chi connectivity index (χ0v) is 12.8. The minimum Gasteiger partial charge on any atom is -0.444 e. The monoisotopic (exact) mass is 245 g/mol. The molecule has 0 saturated carbocycles. The summed E-state index contributed by atoms with van der Waals surface area (Å²) in [6.45, 7) is 15.6. The Hall–Kier alpha value is -0.730. The van der Waals surface area contributed by atoms with Gasteiger partial charge in [-0.2, -0.15) is 0 Å². The maximum atomic E-state index is 11.4. The normalized spacial score (nSPS) is 14.2. The van der Waals surface area contributed by atoms with Gasteiger partial charge >= 0.3 is 6.09 Å². The van der Waals surface area contributed by atoms with E-state index in [9.17, 15) is 4.79 Å². The summed E-state index contributed by atoms with van der Waals surface area (Å²) in [6, 6.07) is 0. The van der Waals surface area contributed by atoms with E-state index in [4.69, 9.17) is 4.74 Å². The van der Waals surface area contributed by atoms with E-state index >= 15 is 0 Å². The minimum atomic E-state index is -0.361. The number of nitrogens with zero attached hydrogens (tertiary/aromatic N) is 1. The molecule has 0 aromatic heterocycles. The number of rotatable bonds is 0. The average molecular weight is 245 g/mol. The van der Waals surface area contributed by atoms with E-state index in [1.807, 2.05) is 34.6 Å². The zero-order valence-electron chi connectivity index (χ0n) is 12.8. The van der Waals surface area contributed by atoms with Gasteiger partial charge in [0.2, 0.25) is 0 Å². The second-order valence-electron chi connectivity index (χ2n) is 4.88. The maximum Gasteiger partial charge on any atom is 0.410 e. The van der Waals surface area contributed by atoms with Crippen molar-refractivity contribution in [2.75, 3.05) is 13.1 Å². The lowest BCUT2D eigenvalue weighted by molar-refractivity contribution is 0.0295. The maximum absolute atomic E-state index is 11.4. The molecule has 1 saturated heterocycles. The molecule has 1 aliphatic rings. The summed E-state index contributed by atoms with van der Waals surface area (Å²) in [5, 5.41) is 0. The van der Waals surface area contributed by atoms with Gasteiger partial charge in [0.1, 0.15) is 5.60 Å². The first-order valence-electron chi connectivity index (χ1n) is 6.88. The van der Waals surface area contributed by atoms with Crippen molar-refractivity contribution in [3.05, 3.63) is 0 Å². The van der Waals surface area contributed by atoms with E-state index < -0.39 is 0 Å². The van der Waals surface area contributed by atoms with Gasteiger partial charge in [-0.1, -0.05) is 34.1 Å². The van der Waals surface area contributed by atoms with E-state index in [0.717, 1.165) is 25.9 Å². The van der Waals surface area contributed by atoms with Gasteiger partial charge in [-0.3, -0.25) is 0 Å². The number of amides is 1. The van der Waals surface area contributed by atoms with Crippen LogP contribution >= 0.6 is 0 Å². The first-order valence-corrected chi connectivity index (χ1v) is 6.88. The molecule has 0 aromatic rings. The average Bonchev–Trinajstić information content (AvgIpc) is 2.72. The van der Waals surface area contributed by atoms with Crippen molar-refractivity contribution >= 4 is 6.09 Å². The molecule has 0 unspecified atom stereocenters. The summed E-state index contributed by atoms with van der Waals surface area (Å²) in [5.74, 6) is 0. The number of hydrogen-bond acceptors (Lipinski definition) is 2. The van der Waals surface area contributed by atoms with Gasteiger partial charge in [0.25, 0.3) is 0 Å². The Morgan fingerprint density at radius 3 is 1.76 bits per heavy atom. The number of ether oxygens (including phenoxy) is 1. The summed E-state index contributed by atoms with van der Waals surface area (Å²) in [6.07, 6.45) is 3.30. The fourth-order valence-corrected chi connectivity index (χ4v) is 1.23. The Morgan fingerprint density at radius 1 is 1.12 bits per heavy atom. The molecule has 0 N–H and O–H groups in total. The van der Waals surface area contributed by atoms with Gasteiger partial charge in [-0.15, -0.1) is 0 Å². The van der Waals surface area contributed by atoms with Crippen LogP contribution in [-0.4, -0.2) is 29.7 Å². The summed E-state index contributed by atoms with van der Waals surface area (Å²) in [7, 11) is 0. The lowest BCUT2D eigenvalue weighted by atomic mass is 10.2. The third-order valence-electron chi connectivity index (χ3n) is 1.76. The van der Waals surface area contributed by atoms with Crippen molar-refractivity contribution < 1.29 is 9.53 Å². The van der Waals surface area contributed by atoms with Crippen molar-refractivity contribution in [2.24, 2.45) is 0 Å². The van der Waals surface area contributed by atoms with Gasteiger partial charge in [-0.05, 0) is 33.6 Å². The smallest absolute Gasteiger partial charge is 0.410 e. The molecule has 3 heteroatoms. The van der Waals surface area contributed by atoms with Crippen LogP contribution in [0.1, 0.15) is 67.7 Å². The molecule has 0 bridgehead atoms. The van der Waals surface area contributed by atoms with Crippen LogP contribution in [0.4, 0.5) is 4.79 Å². The first kappa shape index (κ1) is 18.6. The lowest BCUT2D eigenvalue weighted by Crippen LogP contribution is -2.34. The number of hydrogen-bond donors (Lipinski definition) is 0. The highest BCUT2D eigenvalue weighted by Gasteiger charge is 2.23.